The van der Waals surface area contributed by atoms with Crippen LogP contribution in [-0.4, -0.2) is 48.4 Å². The van der Waals surface area contributed by atoms with Gasteiger partial charge in [0.15, 0.2) is 12.4 Å². The van der Waals surface area contributed by atoms with Crippen LogP contribution in [-0.2, 0) is 19.0 Å². The van der Waals surface area contributed by atoms with Gasteiger partial charge in [-0.1, -0.05) is 0 Å². The van der Waals surface area contributed by atoms with Crippen LogP contribution in [0.3, 0.4) is 0 Å². The van der Waals surface area contributed by atoms with E-state index in [9.17, 15) is 15.0 Å². The van der Waals surface area contributed by atoms with Crippen molar-refractivity contribution in [3.8, 4) is 0 Å². The monoisotopic (exact) mass is 216 g/mol. The van der Waals surface area contributed by atoms with Crippen molar-refractivity contribution >= 4 is 5.97 Å². The predicted octanol–water partition coefficient (Wildman–Crippen LogP) is -1.23. The molecule has 0 aromatic carbocycles. The molecule has 2 rings (SSSR count). The predicted molar refractivity (Wildman–Crippen MR) is 46.4 cm³/mol. The minimum atomic E-state index is -1.22. The molecule has 2 heterocycles. The number of carbonyl (C=O) groups is 1. The summed E-state index contributed by atoms with van der Waals surface area (Å²) in [5, 5.41) is 19.1. The lowest BCUT2D eigenvalue weighted by molar-refractivity contribution is -0.246. The summed E-state index contributed by atoms with van der Waals surface area (Å²) in [6.45, 7) is -0.0133. The summed E-state index contributed by atoms with van der Waals surface area (Å²) in [7, 11) is 1.40. The first-order valence-corrected chi connectivity index (χ1v) is 4.57. The summed E-state index contributed by atoms with van der Waals surface area (Å²) in [4.78, 5) is 11.1. The summed E-state index contributed by atoms with van der Waals surface area (Å²) < 4.78 is 14.7. The third kappa shape index (κ3) is 1.71. The Hall–Kier alpha value is -1.11. The van der Waals surface area contributed by atoms with E-state index in [1.165, 1.54) is 13.2 Å². The van der Waals surface area contributed by atoms with E-state index >= 15 is 0 Å². The van der Waals surface area contributed by atoms with Crippen LogP contribution in [0.4, 0.5) is 0 Å². The van der Waals surface area contributed by atoms with Crippen LogP contribution < -0.4 is 0 Å². The zero-order valence-corrected chi connectivity index (χ0v) is 8.12. The molecular formula is C9H12O6. The Morgan fingerprint density at radius 2 is 2.27 bits per heavy atom. The van der Waals surface area contributed by atoms with Crippen molar-refractivity contribution in [1.82, 2.24) is 0 Å². The Labute approximate surface area is 86.0 Å². The molecule has 2 unspecified atom stereocenters. The molecule has 1 saturated heterocycles. The fourth-order valence-corrected chi connectivity index (χ4v) is 1.85. The summed E-state index contributed by atoms with van der Waals surface area (Å²) in [5.41, 5.74) is 0. The van der Waals surface area contributed by atoms with E-state index in [4.69, 9.17) is 14.2 Å². The van der Waals surface area contributed by atoms with Gasteiger partial charge in [-0.3, -0.25) is 0 Å². The van der Waals surface area contributed by atoms with Gasteiger partial charge in [0.25, 0.3) is 0 Å². The summed E-state index contributed by atoms with van der Waals surface area (Å²) in [6, 6.07) is 0. The van der Waals surface area contributed by atoms with Gasteiger partial charge >= 0.3 is 5.97 Å². The molecule has 0 aliphatic carbocycles. The van der Waals surface area contributed by atoms with Gasteiger partial charge < -0.3 is 24.4 Å². The van der Waals surface area contributed by atoms with E-state index in [1.54, 1.807) is 0 Å². The number of aliphatic hydroxyl groups excluding tert-OH is 2. The normalized spacial score (nSPS) is 40.2. The molecule has 84 valence electrons. The molecule has 2 aliphatic heterocycles. The Balaban J connectivity index is 2.30. The van der Waals surface area contributed by atoms with E-state index in [2.05, 4.69) is 0 Å². The lowest BCUT2D eigenvalue weighted by Crippen LogP contribution is -2.53. The van der Waals surface area contributed by atoms with E-state index in [-0.39, 0.29) is 6.61 Å². The molecule has 6 heteroatoms. The number of carbonyl (C=O) groups excluding carboxylic acids is 1. The maximum Gasteiger partial charge on any atom is 0.334 e. The van der Waals surface area contributed by atoms with Crippen molar-refractivity contribution in [3.05, 3.63) is 11.8 Å². The fraction of sp³-hybridized carbons (Fsp3) is 0.667. The number of esters is 1. The molecule has 0 aromatic rings. The second kappa shape index (κ2) is 3.80. The highest BCUT2D eigenvalue weighted by Gasteiger charge is 2.46. The van der Waals surface area contributed by atoms with Crippen LogP contribution in [0.2, 0.25) is 0 Å². The topological polar surface area (TPSA) is 85.2 Å². The first-order chi connectivity index (χ1) is 7.13. The molecule has 0 amide bonds. The summed E-state index contributed by atoms with van der Waals surface area (Å²) in [6.07, 6.45) is -1.80. The van der Waals surface area contributed by atoms with E-state index in [0.717, 1.165) is 0 Å². The maximum absolute atomic E-state index is 11.1. The number of aliphatic hydroxyl groups is 2. The fourth-order valence-electron chi connectivity index (χ4n) is 1.85. The van der Waals surface area contributed by atoms with E-state index < -0.39 is 30.4 Å². The molecule has 1 fully saturated rings. The van der Waals surface area contributed by atoms with Crippen molar-refractivity contribution in [1.29, 1.82) is 0 Å². The van der Waals surface area contributed by atoms with Gasteiger partial charge in [-0.2, -0.15) is 0 Å². The van der Waals surface area contributed by atoms with Crippen LogP contribution >= 0.6 is 0 Å². The van der Waals surface area contributed by atoms with Crippen molar-refractivity contribution in [2.75, 3.05) is 13.7 Å². The Bertz CT molecular complexity index is 299. The molecule has 0 saturated carbocycles. The molecule has 0 radical (unpaired) electrons. The third-order valence-electron chi connectivity index (χ3n) is 2.56. The summed E-state index contributed by atoms with van der Waals surface area (Å²) in [5.74, 6) is -0.854. The van der Waals surface area contributed by atoms with Gasteiger partial charge in [-0.15, -0.1) is 0 Å². The quantitative estimate of drug-likeness (QED) is 0.534. The first kappa shape index (κ1) is 10.4. The van der Waals surface area contributed by atoms with Gasteiger partial charge in [0.1, 0.15) is 5.76 Å². The van der Waals surface area contributed by atoms with Crippen molar-refractivity contribution < 1.29 is 29.2 Å². The minimum Gasteiger partial charge on any atom is -0.500 e. The SMILES string of the molecule is COC1=CC(=O)OC2C1[C@H](O)CO[C@H]2O. The number of ether oxygens (including phenoxy) is 3. The lowest BCUT2D eigenvalue weighted by atomic mass is 9.89. The highest BCUT2D eigenvalue weighted by Crippen LogP contribution is 2.32. The number of methoxy groups -OCH3 is 1. The largest absolute Gasteiger partial charge is 0.500 e. The van der Waals surface area contributed by atoms with Gasteiger partial charge in [-0.25, -0.2) is 4.79 Å². The molecule has 0 spiro atoms. The average Bonchev–Trinajstić information content (AvgIpc) is 2.22. The van der Waals surface area contributed by atoms with Gasteiger partial charge in [0.2, 0.25) is 0 Å². The number of hydrogen-bond acceptors (Lipinski definition) is 6. The third-order valence-corrected chi connectivity index (χ3v) is 2.56. The molecule has 2 aliphatic rings. The first-order valence-electron chi connectivity index (χ1n) is 4.57. The smallest absolute Gasteiger partial charge is 0.334 e. The van der Waals surface area contributed by atoms with Gasteiger partial charge in [0.05, 0.1) is 31.8 Å². The maximum atomic E-state index is 11.1. The van der Waals surface area contributed by atoms with Crippen LogP contribution in [0.25, 0.3) is 0 Å². The molecular weight excluding hydrogens is 204 g/mol. The van der Waals surface area contributed by atoms with Crippen molar-refractivity contribution in [2.24, 2.45) is 5.92 Å². The standard InChI is InChI=1S/C9H12O6/c1-13-5-2-6(11)15-8-7(5)4(10)3-14-9(8)12/h2,4,7-10,12H,3H2,1H3/t4-,7?,8?,9-/m1/s1. The molecule has 15 heavy (non-hydrogen) atoms. The molecule has 2 N–H and O–H groups in total. The van der Waals surface area contributed by atoms with Gasteiger partial charge in [-0.05, 0) is 0 Å². The van der Waals surface area contributed by atoms with Crippen LogP contribution in [0.5, 0.6) is 0 Å². The second-order valence-corrected chi connectivity index (χ2v) is 3.47. The average molecular weight is 216 g/mol. The summed E-state index contributed by atoms with van der Waals surface area (Å²) >= 11 is 0. The number of fused-ring (bicyclic) bond motifs is 1. The minimum absolute atomic E-state index is 0.0133. The van der Waals surface area contributed by atoms with Crippen LogP contribution in [0.15, 0.2) is 11.8 Å². The van der Waals surface area contributed by atoms with Crippen LogP contribution in [0, 0.1) is 5.92 Å². The highest BCUT2D eigenvalue weighted by atomic mass is 16.7. The second-order valence-electron chi connectivity index (χ2n) is 3.47. The van der Waals surface area contributed by atoms with Crippen LogP contribution in [0.1, 0.15) is 0 Å². The Kier molecular flexibility index (Phi) is 2.64. The van der Waals surface area contributed by atoms with Gasteiger partial charge in [0, 0.05) is 0 Å². The molecule has 6 nitrogen and oxygen atoms in total. The van der Waals surface area contributed by atoms with Crippen molar-refractivity contribution in [2.45, 2.75) is 18.5 Å². The van der Waals surface area contributed by atoms with Crippen molar-refractivity contribution in [3.63, 3.8) is 0 Å². The zero-order chi connectivity index (χ0) is 11.0. The Morgan fingerprint density at radius 1 is 1.53 bits per heavy atom. The zero-order valence-electron chi connectivity index (χ0n) is 8.12. The number of rotatable bonds is 1. The highest BCUT2D eigenvalue weighted by molar-refractivity contribution is 5.83. The lowest BCUT2D eigenvalue weighted by Gasteiger charge is -2.40. The molecule has 0 aromatic heterocycles. The molecule has 0 bridgehead atoms. The Morgan fingerprint density at radius 3 is 2.93 bits per heavy atom. The molecule has 4 atom stereocenters. The van der Waals surface area contributed by atoms with E-state index in [1.807, 2.05) is 0 Å². The van der Waals surface area contributed by atoms with E-state index in [0.29, 0.717) is 5.76 Å². The number of hydrogen-bond donors (Lipinski definition) is 2.